The van der Waals surface area contributed by atoms with Gasteiger partial charge in [0.1, 0.15) is 5.60 Å². The van der Waals surface area contributed by atoms with Crippen LogP contribution in [0.3, 0.4) is 0 Å². The molecule has 2 aromatic rings. The van der Waals surface area contributed by atoms with E-state index in [1.807, 2.05) is 51.1 Å². The molecule has 2 heterocycles. The summed E-state index contributed by atoms with van der Waals surface area (Å²) in [5.41, 5.74) is 1.58. The Kier molecular flexibility index (Phi) is 5.79. The average Bonchev–Trinajstić information content (AvgIpc) is 3.00. The van der Waals surface area contributed by atoms with E-state index in [1.54, 1.807) is 4.90 Å². The fourth-order valence-corrected chi connectivity index (χ4v) is 3.86. The van der Waals surface area contributed by atoms with E-state index in [-0.39, 0.29) is 12.0 Å². The molecule has 1 N–H and O–H groups in total. The minimum atomic E-state index is -0.511. The molecule has 0 spiro atoms. The molecule has 144 valence electrons. The van der Waals surface area contributed by atoms with Crippen molar-refractivity contribution in [2.75, 3.05) is 11.9 Å². The van der Waals surface area contributed by atoms with Crippen LogP contribution < -0.4 is 5.32 Å². The van der Waals surface area contributed by atoms with Gasteiger partial charge in [0.05, 0.1) is 12.2 Å². The average molecular weight is 388 g/mol. The lowest BCUT2D eigenvalue weighted by atomic mass is 10.1. The third-order valence-electron chi connectivity index (χ3n) is 4.11. The number of nitrogens with one attached hydrogen (secondary N) is 1. The smallest absolute Gasteiger partial charge is 0.410 e. The lowest BCUT2D eigenvalue weighted by Gasteiger charge is -2.29. The number of rotatable bonds is 4. The van der Waals surface area contributed by atoms with E-state index >= 15 is 0 Å². The number of ether oxygens (including phenoxy) is 1. The van der Waals surface area contributed by atoms with Crippen LogP contribution in [0.15, 0.2) is 30.3 Å². The molecule has 1 aromatic carbocycles. The summed E-state index contributed by atoms with van der Waals surface area (Å²) < 4.78 is 5.44. The quantitative estimate of drug-likeness (QED) is 0.860. The topological polar surface area (TPSA) is 71.5 Å². The summed E-state index contributed by atoms with van der Waals surface area (Å²) in [6.07, 6.45) is 1.47. The first-order valence-corrected chi connectivity index (χ1v) is 9.92. The second-order valence-electron chi connectivity index (χ2n) is 7.57. The molecule has 0 radical (unpaired) electrons. The first-order valence-electron chi connectivity index (χ1n) is 9.10. The van der Waals surface area contributed by atoms with Crippen LogP contribution in [0.25, 0.3) is 0 Å². The van der Waals surface area contributed by atoms with Crippen molar-refractivity contribution in [2.24, 2.45) is 0 Å². The number of carbonyl (C=O) groups is 2. The molecule has 1 aliphatic heterocycles. The molecule has 0 aliphatic carbocycles. The molecular weight excluding hydrogens is 362 g/mol. The fourth-order valence-electron chi connectivity index (χ4n) is 2.82. The maximum absolute atomic E-state index is 12.2. The number of nitrogens with zero attached hydrogens (tertiary/aromatic N) is 2. The first-order chi connectivity index (χ1) is 12.8. The van der Waals surface area contributed by atoms with Gasteiger partial charge in [0.15, 0.2) is 5.13 Å². The summed E-state index contributed by atoms with van der Waals surface area (Å²) in [4.78, 5) is 31.7. The number of aromatic nitrogens is 1. The van der Waals surface area contributed by atoms with Crippen LogP contribution in [0, 0.1) is 0 Å². The van der Waals surface area contributed by atoms with Crippen molar-refractivity contribution in [3.05, 3.63) is 46.5 Å². The number of benzene rings is 1. The number of hydrogen-bond donors (Lipinski definition) is 1. The molecule has 0 saturated carbocycles. The molecule has 7 heteroatoms. The van der Waals surface area contributed by atoms with Gasteiger partial charge >= 0.3 is 6.09 Å². The lowest BCUT2D eigenvalue weighted by molar-refractivity contribution is -0.116. The van der Waals surface area contributed by atoms with E-state index in [2.05, 4.69) is 10.3 Å². The minimum absolute atomic E-state index is 0.0473. The molecule has 2 amide bonds. The molecule has 0 bridgehead atoms. The van der Waals surface area contributed by atoms with Crippen molar-refractivity contribution >= 4 is 28.5 Å². The molecule has 27 heavy (non-hydrogen) atoms. The summed E-state index contributed by atoms with van der Waals surface area (Å²) in [7, 11) is 0. The predicted octanol–water partition coefficient (Wildman–Crippen LogP) is 4.01. The van der Waals surface area contributed by atoms with Crippen LogP contribution in [0.1, 0.15) is 43.3 Å². The molecular formula is C20H25N3O3S. The van der Waals surface area contributed by atoms with E-state index in [9.17, 15) is 9.59 Å². The predicted molar refractivity (Wildman–Crippen MR) is 106 cm³/mol. The maximum Gasteiger partial charge on any atom is 0.410 e. The summed E-state index contributed by atoms with van der Waals surface area (Å²) in [5, 5.41) is 3.49. The van der Waals surface area contributed by atoms with Gasteiger partial charge in [-0.3, -0.25) is 4.79 Å². The number of thiazole rings is 1. The fraction of sp³-hybridized carbons (Fsp3) is 0.450. The zero-order chi connectivity index (χ0) is 19.4. The summed E-state index contributed by atoms with van der Waals surface area (Å²) in [5.74, 6) is -0.0473. The first kappa shape index (κ1) is 19.4. The second-order valence-corrected chi connectivity index (χ2v) is 8.66. The van der Waals surface area contributed by atoms with Gasteiger partial charge in [-0.25, -0.2) is 9.78 Å². The van der Waals surface area contributed by atoms with Crippen molar-refractivity contribution in [2.45, 2.75) is 52.2 Å². The van der Waals surface area contributed by atoms with Gasteiger partial charge in [0.2, 0.25) is 5.91 Å². The van der Waals surface area contributed by atoms with Crippen molar-refractivity contribution in [3.63, 3.8) is 0 Å². The highest BCUT2D eigenvalue weighted by atomic mass is 32.1. The monoisotopic (exact) mass is 387 g/mol. The zero-order valence-corrected chi connectivity index (χ0v) is 16.8. The second kappa shape index (κ2) is 8.08. The van der Waals surface area contributed by atoms with Crippen LogP contribution >= 0.6 is 11.3 Å². The largest absolute Gasteiger partial charge is 0.444 e. The number of hydrogen-bond acceptors (Lipinski definition) is 5. The summed E-state index contributed by atoms with van der Waals surface area (Å²) in [6.45, 7) is 6.62. The van der Waals surface area contributed by atoms with Crippen LogP contribution in [0.4, 0.5) is 9.93 Å². The normalized spacial score (nSPS) is 13.8. The van der Waals surface area contributed by atoms with Gasteiger partial charge in [0, 0.05) is 24.3 Å². The highest BCUT2D eigenvalue weighted by molar-refractivity contribution is 7.15. The molecule has 3 rings (SSSR count). The number of aryl methyl sites for hydroxylation is 1. The Balaban J connectivity index is 1.55. The third-order valence-corrected chi connectivity index (χ3v) is 5.11. The molecule has 1 aromatic heterocycles. The summed E-state index contributed by atoms with van der Waals surface area (Å²) in [6, 6.07) is 9.93. The van der Waals surface area contributed by atoms with Crippen LogP contribution in [-0.2, 0) is 28.9 Å². The molecule has 0 saturated heterocycles. The van der Waals surface area contributed by atoms with E-state index < -0.39 is 5.60 Å². The number of amides is 2. The van der Waals surface area contributed by atoms with Crippen molar-refractivity contribution in [3.8, 4) is 0 Å². The van der Waals surface area contributed by atoms with E-state index in [1.165, 1.54) is 11.3 Å². The Morgan fingerprint density at radius 2 is 2.00 bits per heavy atom. The van der Waals surface area contributed by atoms with Crippen molar-refractivity contribution in [1.29, 1.82) is 0 Å². The maximum atomic E-state index is 12.2. The lowest BCUT2D eigenvalue weighted by Crippen LogP contribution is -2.39. The van der Waals surface area contributed by atoms with Crippen molar-refractivity contribution in [1.82, 2.24) is 9.88 Å². The third kappa shape index (κ3) is 5.53. The number of carbonyl (C=O) groups excluding carboxylic acids is 2. The summed E-state index contributed by atoms with van der Waals surface area (Å²) >= 11 is 1.43. The Labute approximate surface area is 163 Å². The van der Waals surface area contributed by atoms with Gasteiger partial charge in [-0.15, -0.1) is 0 Å². The van der Waals surface area contributed by atoms with Gasteiger partial charge < -0.3 is 15.0 Å². The molecule has 0 atom stereocenters. The van der Waals surface area contributed by atoms with E-state index in [4.69, 9.17) is 4.74 Å². The Hall–Kier alpha value is -2.41. The van der Waals surface area contributed by atoms with Gasteiger partial charge in [-0.1, -0.05) is 41.7 Å². The highest BCUT2D eigenvalue weighted by Gasteiger charge is 2.28. The zero-order valence-electron chi connectivity index (χ0n) is 15.9. The molecule has 0 fully saturated rings. The van der Waals surface area contributed by atoms with Crippen LogP contribution in [-0.4, -0.2) is 34.0 Å². The number of fused-ring (bicyclic) bond motifs is 1. The van der Waals surface area contributed by atoms with Gasteiger partial charge in [-0.2, -0.15) is 0 Å². The molecule has 6 nitrogen and oxygen atoms in total. The van der Waals surface area contributed by atoms with Gasteiger partial charge in [-0.05, 0) is 32.8 Å². The Bertz CT molecular complexity index is 812. The highest BCUT2D eigenvalue weighted by Crippen LogP contribution is 2.29. The van der Waals surface area contributed by atoms with Crippen molar-refractivity contribution < 1.29 is 14.3 Å². The number of anilines is 1. The Morgan fingerprint density at radius 3 is 2.70 bits per heavy atom. The molecule has 0 unspecified atom stereocenters. The minimum Gasteiger partial charge on any atom is -0.444 e. The van der Waals surface area contributed by atoms with Gasteiger partial charge in [0.25, 0.3) is 0 Å². The molecule has 1 aliphatic rings. The standard InChI is InChI=1S/C20H25N3O3S/c1-20(2,3)26-19(25)23-12-11-15-16(13-23)27-18(21-15)22-17(24)10-9-14-7-5-4-6-8-14/h4-8H,9-13H2,1-3H3,(H,21,22,24). The SMILES string of the molecule is CC(C)(C)OC(=O)N1CCc2nc(NC(=O)CCc3ccccc3)sc2C1. The van der Waals surface area contributed by atoms with Crippen LogP contribution in [0.2, 0.25) is 0 Å². The Morgan fingerprint density at radius 1 is 1.26 bits per heavy atom. The van der Waals surface area contributed by atoms with E-state index in [0.29, 0.717) is 37.5 Å². The van der Waals surface area contributed by atoms with E-state index in [0.717, 1.165) is 16.1 Å². The van der Waals surface area contributed by atoms with Crippen LogP contribution in [0.5, 0.6) is 0 Å².